The maximum atomic E-state index is 12.0. The molecule has 0 unspecified atom stereocenters. The lowest BCUT2D eigenvalue weighted by atomic mass is 10.1. The van der Waals surface area contributed by atoms with Gasteiger partial charge < -0.3 is 15.1 Å². The van der Waals surface area contributed by atoms with E-state index in [2.05, 4.69) is 15.6 Å². The standard InChI is InChI=1S/C20H14ClN3O2S/c21-14-3-1-4-16(11-14)23-20-24-17(12-27-20)13-6-8-15(9-7-13)22-19(25)18-5-2-10-26-18/h1-12H,(H,22,25)(H,23,24). The van der Waals surface area contributed by atoms with Crippen molar-refractivity contribution >= 4 is 45.4 Å². The van der Waals surface area contributed by atoms with E-state index in [1.54, 1.807) is 12.1 Å². The number of hydrogen-bond donors (Lipinski definition) is 2. The predicted molar refractivity (Wildman–Crippen MR) is 109 cm³/mol. The zero-order chi connectivity index (χ0) is 18.6. The number of thiazole rings is 1. The third-order valence-corrected chi connectivity index (χ3v) is 4.76. The van der Waals surface area contributed by atoms with Gasteiger partial charge in [-0.25, -0.2) is 4.98 Å². The van der Waals surface area contributed by atoms with Gasteiger partial charge in [-0.15, -0.1) is 11.3 Å². The predicted octanol–water partition coefficient (Wildman–Crippen LogP) is 6.05. The van der Waals surface area contributed by atoms with Gasteiger partial charge in [-0.1, -0.05) is 29.8 Å². The lowest BCUT2D eigenvalue weighted by Crippen LogP contribution is -2.10. The molecule has 4 rings (SSSR count). The van der Waals surface area contributed by atoms with Crippen LogP contribution in [0.4, 0.5) is 16.5 Å². The van der Waals surface area contributed by atoms with E-state index < -0.39 is 0 Å². The molecule has 0 bridgehead atoms. The molecule has 0 saturated carbocycles. The summed E-state index contributed by atoms with van der Waals surface area (Å²) < 4.78 is 5.08. The Bertz CT molecular complexity index is 1060. The van der Waals surface area contributed by atoms with Crippen molar-refractivity contribution < 1.29 is 9.21 Å². The van der Waals surface area contributed by atoms with Gasteiger partial charge in [-0.2, -0.15) is 0 Å². The van der Waals surface area contributed by atoms with Gasteiger partial charge in [0.05, 0.1) is 12.0 Å². The van der Waals surface area contributed by atoms with E-state index in [9.17, 15) is 4.79 Å². The summed E-state index contributed by atoms with van der Waals surface area (Å²) in [5.41, 5.74) is 3.39. The van der Waals surface area contributed by atoms with E-state index in [0.717, 1.165) is 22.1 Å². The van der Waals surface area contributed by atoms with Crippen LogP contribution >= 0.6 is 22.9 Å². The van der Waals surface area contributed by atoms with E-state index >= 15 is 0 Å². The molecule has 0 aliphatic heterocycles. The minimum atomic E-state index is -0.283. The molecule has 2 aromatic heterocycles. The van der Waals surface area contributed by atoms with Crippen molar-refractivity contribution in [2.75, 3.05) is 10.6 Å². The number of halogens is 1. The second-order valence-electron chi connectivity index (χ2n) is 5.68. The first-order chi connectivity index (χ1) is 13.2. The second-order valence-corrected chi connectivity index (χ2v) is 6.98. The number of aromatic nitrogens is 1. The van der Waals surface area contributed by atoms with Crippen molar-refractivity contribution in [1.29, 1.82) is 0 Å². The molecule has 134 valence electrons. The van der Waals surface area contributed by atoms with Crippen molar-refractivity contribution in [3.63, 3.8) is 0 Å². The summed E-state index contributed by atoms with van der Waals surface area (Å²) in [5.74, 6) is -0.00951. The average Bonchev–Trinajstić information content (AvgIpc) is 3.34. The molecule has 2 N–H and O–H groups in total. The number of rotatable bonds is 5. The Hall–Kier alpha value is -3.09. The van der Waals surface area contributed by atoms with E-state index in [-0.39, 0.29) is 11.7 Å². The first-order valence-electron chi connectivity index (χ1n) is 8.11. The minimum absolute atomic E-state index is 0.273. The number of furan rings is 1. The molecule has 0 radical (unpaired) electrons. The highest BCUT2D eigenvalue weighted by atomic mass is 35.5. The van der Waals surface area contributed by atoms with Gasteiger partial charge in [-0.3, -0.25) is 4.79 Å². The smallest absolute Gasteiger partial charge is 0.291 e. The Morgan fingerprint density at radius 3 is 2.63 bits per heavy atom. The molecular formula is C20H14ClN3O2S. The Labute approximate surface area is 164 Å². The first-order valence-corrected chi connectivity index (χ1v) is 9.36. The van der Waals surface area contributed by atoms with Crippen LogP contribution in [0.5, 0.6) is 0 Å². The summed E-state index contributed by atoms with van der Waals surface area (Å²) in [6.07, 6.45) is 1.47. The number of amides is 1. The molecule has 7 heteroatoms. The molecule has 5 nitrogen and oxygen atoms in total. The summed E-state index contributed by atoms with van der Waals surface area (Å²) in [5, 5.41) is 9.46. The van der Waals surface area contributed by atoms with Crippen molar-refractivity contribution in [2.45, 2.75) is 0 Å². The number of carbonyl (C=O) groups excluding carboxylic acids is 1. The zero-order valence-corrected chi connectivity index (χ0v) is 15.6. The van der Waals surface area contributed by atoms with Crippen molar-refractivity contribution in [3.05, 3.63) is 83.1 Å². The molecular weight excluding hydrogens is 382 g/mol. The Kier molecular flexibility index (Phi) is 4.91. The average molecular weight is 396 g/mol. The lowest BCUT2D eigenvalue weighted by molar-refractivity contribution is 0.0996. The zero-order valence-electron chi connectivity index (χ0n) is 14.0. The summed E-state index contributed by atoms with van der Waals surface area (Å²) >= 11 is 7.51. The number of nitrogens with zero attached hydrogens (tertiary/aromatic N) is 1. The number of anilines is 3. The third kappa shape index (κ3) is 4.19. The highest BCUT2D eigenvalue weighted by Gasteiger charge is 2.09. The monoisotopic (exact) mass is 395 g/mol. The van der Waals surface area contributed by atoms with Crippen LogP contribution in [0.2, 0.25) is 5.02 Å². The van der Waals surface area contributed by atoms with E-state index in [4.69, 9.17) is 16.0 Å². The fraction of sp³-hybridized carbons (Fsp3) is 0. The minimum Gasteiger partial charge on any atom is -0.459 e. The van der Waals surface area contributed by atoms with Crippen LogP contribution in [0.15, 0.2) is 76.7 Å². The molecule has 2 aromatic carbocycles. The molecule has 2 heterocycles. The van der Waals surface area contributed by atoms with E-state index in [0.29, 0.717) is 10.7 Å². The van der Waals surface area contributed by atoms with Gasteiger partial charge in [-0.05, 0) is 42.5 Å². The second kappa shape index (κ2) is 7.65. The Morgan fingerprint density at radius 2 is 1.89 bits per heavy atom. The number of benzene rings is 2. The SMILES string of the molecule is O=C(Nc1ccc(-c2csc(Nc3cccc(Cl)c3)n2)cc1)c1ccco1. The van der Waals surface area contributed by atoms with Gasteiger partial charge >= 0.3 is 0 Å². The summed E-state index contributed by atoms with van der Waals surface area (Å²) in [4.78, 5) is 16.6. The van der Waals surface area contributed by atoms with E-state index in [1.807, 2.05) is 53.9 Å². The summed E-state index contributed by atoms with van der Waals surface area (Å²) in [6.45, 7) is 0. The quantitative estimate of drug-likeness (QED) is 0.431. The first kappa shape index (κ1) is 17.3. The topological polar surface area (TPSA) is 67.2 Å². The van der Waals surface area contributed by atoms with Crippen LogP contribution in [0.3, 0.4) is 0 Å². The highest BCUT2D eigenvalue weighted by Crippen LogP contribution is 2.28. The Balaban J connectivity index is 1.45. The van der Waals surface area contributed by atoms with Crippen molar-refractivity contribution in [2.24, 2.45) is 0 Å². The van der Waals surface area contributed by atoms with Gasteiger partial charge in [0.2, 0.25) is 0 Å². The van der Waals surface area contributed by atoms with Crippen LogP contribution in [0, 0.1) is 0 Å². The molecule has 0 atom stereocenters. The number of nitrogens with one attached hydrogen (secondary N) is 2. The van der Waals surface area contributed by atoms with Crippen LogP contribution in [0.25, 0.3) is 11.3 Å². The van der Waals surface area contributed by atoms with Crippen LogP contribution in [0.1, 0.15) is 10.6 Å². The number of carbonyl (C=O) groups is 1. The molecule has 0 aliphatic carbocycles. The summed E-state index contributed by atoms with van der Waals surface area (Å²) in [7, 11) is 0. The fourth-order valence-corrected chi connectivity index (χ4v) is 3.41. The largest absolute Gasteiger partial charge is 0.459 e. The van der Waals surface area contributed by atoms with Gasteiger partial charge in [0.15, 0.2) is 10.9 Å². The molecule has 0 saturated heterocycles. The van der Waals surface area contributed by atoms with Crippen LogP contribution in [-0.2, 0) is 0 Å². The maximum absolute atomic E-state index is 12.0. The van der Waals surface area contributed by atoms with E-state index in [1.165, 1.54) is 17.6 Å². The lowest BCUT2D eigenvalue weighted by Gasteiger charge is -2.04. The summed E-state index contributed by atoms with van der Waals surface area (Å²) in [6, 6.07) is 18.3. The van der Waals surface area contributed by atoms with Crippen LogP contribution in [-0.4, -0.2) is 10.9 Å². The van der Waals surface area contributed by atoms with Crippen molar-refractivity contribution in [1.82, 2.24) is 4.98 Å². The number of hydrogen-bond acceptors (Lipinski definition) is 5. The maximum Gasteiger partial charge on any atom is 0.291 e. The molecule has 4 aromatic rings. The normalized spacial score (nSPS) is 10.6. The van der Waals surface area contributed by atoms with Crippen LogP contribution < -0.4 is 10.6 Å². The molecule has 0 spiro atoms. The fourth-order valence-electron chi connectivity index (χ4n) is 2.48. The Morgan fingerprint density at radius 1 is 1.04 bits per heavy atom. The molecule has 27 heavy (non-hydrogen) atoms. The third-order valence-electron chi connectivity index (χ3n) is 3.76. The van der Waals surface area contributed by atoms with Gasteiger partial charge in [0.25, 0.3) is 5.91 Å². The van der Waals surface area contributed by atoms with Gasteiger partial charge in [0, 0.05) is 27.3 Å². The van der Waals surface area contributed by atoms with Gasteiger partial charge in [0.1, 0.15) is 0 Å². The highest BCUT2D eigenvalue weighted by molar-refractivity contribution is 7.14. The molecule has 0 aliphatic rings. The molecule has 0 fully saturated rings. The van der Waals surface area contributed by atoms with Crippen molar-refractivity contribution in [3.8, 4) is 11.3 Å². The molecule has 1 amide bonds.